The molecule has 0 saturated heterocycles. The number of rotatable bonds is 7. The molecule has 0 aliphatic rings. The summed E-state index contributed by atoms with van der Waals surface area (Å²) in [4.78, 5) is 22.1. The Labute approximate surface area is 113 Å². The van der Waals surface area contributed by atoms with Gasteiger partial charge in [0.2, 0.25) is 5.91 Å². The Bertz CT molecular complexity index is 458. The lowest BCUT2D eigenvalue weighted by atomic mass is 10.1. The van der Waals surface area contributed by atoms with E-state index in [4.69, 9.17) is 0 Å². The van der Waals surface area contributed by atoms with Crippen molar-refractivity contribution in [3.8, 4) is 0 Å². The maximum atomic E-state index is 11.7. The minimum Gasteiger partial charge on any atom is -0.326 e. The summed E-state index contributed by atoms with van der Waals surface area (Å²) in [5.74, 6) is -0.0836. The van der Waals surface area contributed by atoms with E-state index in [1.807, 2.05) is 0 Å². The predicted molar refractivity (Wildman–Crippen MR) is 75.2 cm³/mol. The standard InChI is InChI=1S/C14H20N2O3/c1-3-4-5-6-10-14(17)15-12-8-7-9-13(11(12)2)16(18)19/h7-9H,3-6,10H2,1-2H3,(H,15,17). The molecule has 104 valence electrons. The van der Waals surface area contributed by atoms with Crippen molar-refractivity contribution >= 4 is 17.3 Å². The molecule has 19 heavy (non-hydrogen) atoms. The van der Waals surface area contributed by atoms with Crippen LogP contribution in [-0.2, 0) is 4.79 Å². The molecule has 1 N–H and O–H groups in total. The van der Waals surface area contributed by atoms with Crippen molar-refractivity contribution in [2.45, 2.75) is 46.0 Å². The second-order valence-corrected chi connectivity index (χ2v) is 4.57. The molecule has 0 aromatic heterocycles. The van der Waals surface area contributed by atoms with Crippen LogP contribution in [0.2, 0.25) is 0 Å². The second-order valence-electron chi connectivity index (χ2n) is 4.57. The van der Waals surface area contributed by atoms with Crippen LogP contribution in [0.15, 0.2) is 18.2 Å². The van der Waals surface area contributed by atoms with Gasteiger partial charge < -0.3 is 5.32 Å². The molecule has 0 unspecified atom stereocenters. The summed E-state index contributed by atoms with van der Waals surface area (Å²) in [6, 6.07) is 4.70. The maximum Gasteiger partial charge on any atom is 0.274 e. The van der Waals surface area contributed by atoms with E-state index in [1.54, 1.807) is 19.1 Å². The van der Waals surface area contributed by atoms with Crippen LogP contribution < -0.4 is 5.32 Å². The first-order chi connectivity index (χ1) is 9.06. The third kappa shape index (κ3) is 4.69. The Balaban J connectivity index is 2.59. The number of benzene rings is 1. The number of anilines is 1. The van der Waals surface area contributed by atoms with Crippen molar-refractivity contribution in [2.24, 2.45) is 0 Å². The SMILES string of the molecule is CCCCCCC(=O)Nc1cccc([N+](=O)[O-])c1C. The number of nitrogens with zero attached hydrogens (tertiary/aromatic N) is 1. The van der Waals surface area contributed by atoms with Gasteiger partial charge in [-0.1, -0.05) is 32.3 Å². The van der Waals surface area contributed by atoms with Crippen molar-refractivity contribution in [1.82, 2.24) is 0 Å². The number of carbonyl (C=O) groups excluding carboxylic acids is 1. The molecule has 0 saturated carbocycles. The van der Waals surface area contributed by atoms with E-state index in [0.29, 0.717) is 17.7 Å². The highest BCUT2D eigenvalue weighted by Crippen LogP contribution is 2.25. The largest absolute Gasteiger partial charge is 0.326 e. The molecular formula is C14H20N2O3. The smallest absolute Gasteiger partial charge is 0.274 e. The van der Waals surface area contributed by atoms with Gasteiger partial charge in [0.15, 0.2) is 0 Å². The first kappa shape index (κ1) is 15.1. The van der Waals surface area contributed by atoms with Crippen LogP contribution in [0.5, 0.6) is 0 Å². The molecule has 0 heterocycles. The van der Waals surface area contributed by atoms with Crippen molar-refractivity contribution in [3.63, 3.8) is 0 Å². The minimum absolute atomic E-state index is 0.0313. The maximum absolute atomic E-state index is 11.7. The summed E-state index contributed by atoms with van der Waals surface area (Å²) in [5.41, 5.74) is 1.05. The molecule has 1 amide bonds. The van der Waals surface area contributed by atoms with Crippen molar-refractivity contribution in [1.29, 1.82) is 0 Å². The summed E-state index contributed by atoms with van der Waals surface area (Å²) in [5, 5.41) is 13.5. The molecule has 0 atom stereocenters. The normalized spacial score (nSPS) is 10.2. The van der Waals surface area contributed by atoms with Crippen molar-refractivity contribution < 1.29 is 9.72 Å². The van der Waals surface area contributed by atoms with Crippen LogP contribution in [0.3, 0.4) is 0 Å². The first-order valence-corrected chi connectivity index (χ1v) is 6.60. The van der Waals surface area contributed by atoms with Gasteiger partial charge in [0.1, 0.15) is 0 Å². The summed E-state index contributed by atoms with van der Waals surface area (Å²) in [6.07, 6.45) is 4.61. The average molecular weight is 264 g/mol. The molecular weight excluding hydrogens is 244 g/mol. The molecule has 0 aliphatic carbocycles. The van der Waals surface area contributed by atoms with Gasteiger partial charge in [-0.25, -0.2) is 0 Å². The zero-order valence-electron chi connectivity index (χ0n) is 11.4. The van der Waals surface area contributed by atoms with E-state index < -0.39 is 4.92 Å². The van der Waals surface area contributed by atoms with Crippen molar-refractivity contribution in [2.75, 3.05) is 5.32 Å². The number of nitrogens with one attached hydrogen (secondary N) is 1. The molecule has 0 radical (unpaired) electrons. The van der Waals surface area contributed by atoms with Gasteiger partial charge in [0.05, 0.1) is 16.2 Å². The van der Waals surface area contributed by atoms with E-state index in [1.165, 1.54) is 6.07 Å². The van der Waals surface area contributed by atoms with Gasteiger partial charge in [-0.05, 0) is 19.4 Å². The third-order valence-electron chi connectivity index (χ3n) is 3.03. The fourth-order valence-electron chi connectivity index (χ4n) is 1.88. The van der Waals surface area contributed by atoms with Crippen LogP contribution >= 0.6 is 0 Å². The van der Waals surface area contributed by atoms with Gasteiger partial charge in [-0.3, -0.25) is 14.9 Å². The van der Waals surface area contributed by atoms with E-state index in [-0.39, 0.29) is 11.6 Å². The number of hydrogen-bond acceptors (Lipinski definition) is 3. The molecule has 0 spiro atoms. The minimum atomic E-state index is -0.438. The summed E-state index contributed by atoms with van der Waals surface area (Å²) < 4.78 is 0. The molecule has 1 aromatic carbocycles. The Hall–Kier alpha value is -1.91. The summed E-state index contributed by atoms with van der Waals surface area (Å²) in [6.45, 7) is 3.76. The molecule has 0 aliphatic heterocycles. The fourth-order valence-corrected chi connectivity index (χ4v) is 1.88. The zero-order valence-corrected chi connectivity index (χ0v) is 11.4. The highest BCUT2D eigenvalue weighted by atomic mass is 16.6. The van der Waals surface area contributed by atoms with E-state index in [2.05, 4.69) is 12.2 Å². The Morgan fingerprint density at radius 1 is 1.32 bits per heavy atom. The lowest BCUT2D eigenvalue weighted by Crippen LogP contribution is -2.12. The fraction of sp³-hybridized carbons (Fsp3) is 0.500. The highest BCUT2D eigenvalue weighted by Gasteiger charge is 2.14. The highest BCUT2D eigenvalue weighted by molar-refractivity contribution is 5.92. The first-order valence-electron chi connectivity index (χ1n) is 6.60. The van der Waals surface area contributed by atoms with Gasteiger partial charge in [-0.15, -0.1) is 0 Å². The van der Waals surface area contributed by atoms with E-state index in [9.17, 15) is 14.9 Å². The van der Waals surface area contributed by atoms with E-state index >= 15 is 0 Å². The zero-order chi connectivity index (χ0) is 14.3. The molecule has 1 rings (SSSR count). The monoisotopic (exact) mass is 264 g/mol. The van der Waals surface area contributed by atoms with Crippen molar-refractivity contribution in [3.05, 3.63) is 33.9 Å². The molecule has 0 fully saturated rings. The number of carbonyl (C=O) groups is 1. The quantitative estimate of drug-likeness (QED) is 0.462. The van der Waals surface area contributed by atoms with E-state index in [0.717, 1.165) is 25.7 Å². The third-order valence-corrected chi connectivity index (χ3v) is 3.03. The number of unbranched alkanes of at least 4 members (excludes halogenated alkanes) is 3. The van der Waals surface area contributed by atoms with Gasteiger partial charge in [-0.2, -0.15) is 0 Å². The Kier molecular flexibility index (Phi) is 5.99. The molecule has 5 nitrogen and oxygen atoms in total. The van der Waals surface area contributed by atoms with Crippen LogP contribution in [0.1, 0.15) is 44.6 Å². The van der Waals surface area contributed by atoms with Crippen LogP contribution in [0, 0.1) is 17.0 Å². The van der Waals surface area contributed by atoms with Crippen LogP contribution in [0.25, 0.3) is 0 Å². The van der Waals surface area contributed by atoms with Gasteiger partial charge >= 0.3 is 0 Å². The molecule has 0 bridgehead atoms. The number of amides is 1. The Morgan fingerprint density at radius 2 is 2.05 bits per heavy atom. The predicted octanol–water partition coefficient (Wildman–Crippen LogP) is 3.81. The Morgan fingerprint density at radius 3 is 2.68 bits per heavy atom. The average Bonchev–Trinajstić information content (AvgIpc) is 2.37. The summed E-state index contributed by atoms with van der Waals surface area (Å²) in [7, 11) is 0. The number of nitro groups is 1. The van der Waals surface area contributed by atoms with Gasteiger partial charge in [0, 0.05) is 12.5 Å². The number of hydrogen-bond donors (Lipinski definition) is 1. The topological polar surface area (TPSA) is 72.2 Å². The number of nitro benzene ring substituents is 1. The lowest BCUT2D eigenvalue weighted by molar-refractivity contribution is -0.385. The van der Waals surface area contributed by atoms with Gasteiger partial charge in [0.25, 0.3) is 5.69 Å². The lowest BCUT2D eigenvalue weighted by Gasteiger charge is -2.08. The summed E-state index contributed by atoms with van der Waals surface area (Å²) >= 11 is 0. The second kappa shape index (κ2) is 7.51. The van der Waals surface area contributed by atoms with Crippen LogP contribution in [0.4, 0.5) is 11.4 Å². The van der Waals surface area contributed by atoms with Crippen LogP contribution in [-0.4, -0.2) is 10.8 Å². The molecule has 1 aromatic rings. The molecule has 5 heteroatoms.